The summed E-state index contributed by atoms with van der Waals surface area (Å²) >= 11 is 0. The molecule has 0 saturated heterocycles. The van der Waals surface area contributed by atoms with Crippen molar-refractivity contribution >= 4 is 33.3 Å². The second kappa shape index (κ2) is 9.83. The van der Waals surface area contributed by atoms with Gasteiger partial charge in [-0.1, -0.05) is 23.8 Å². The van der Waals surface area contributed by atoms with Crippen molar-refractivity contribution in [3.05, 3.63) is 89.2 Å². The molecule has 0 aliphatic heterocycles. The number of rotatable bonds is 7. The molecule has 0 aliphatic carbocycles. The van der Waals surface area contributed by atoms with Gasteiger partial charge in [-0.05, 0) is 67.9 Å². The standard InChI is InChI=1S/C24H23FN2O5S/c1-16-7-13-20(14-8-16)33(30,31)27(19-11-9-18(25)10-12-19)15-23(28)26-22-6-4-5-21(17(22)2)24(29)32-3/h4-14H,15H2,1-3H3,(H,26,28). The molecule has 3 rings (SSSR count). The van der Waals surface area contributed by atoms with E-state index in [4.69, 9.17) is 4.74 Å². The highest BCUT2D eigenvalue weighted by Crippen LogP contribution is 2.25. The van der Waals surface area contributed by atoms with Crippen LogP contribution in [-0.2, 0) is 19.6 Å². The normalized spacial score (nSPS) is 11.0. The molecule has 0 aliphatic rings. The maximum absolute atomic E-state index is 13.5. The van der Waals surface area contributed by atoms with Gasteiger partial charge in [0.15, 0.2) is 0 Å². The third kappa shape index (κ3) is 5.38. The molecule has 3 aromatic rings. The van der Waals surface area contributed by atoms with Crippen molar-refractivity contribution in [2.75, 3.05) is 23.3 Å². The molecule has 3 aromatic carbocycles. The number of nitrogens with zero attached hydrogens (tertiary/aromatic N) is 1. The van der Waals surface area contributed by atoms with E-state index in [2.05, 4.69) is 5.32 Å². The Hall–Kier alpha value is -3.72. The van der Waals surface area contributed by atoms with E-state index >= 15 is 0 Å². The van der Waals surface area contributed by atoms with Crippen molar-refractivity contribution in [1.29, 1.82) is 0 Å². The van der Waals surface area contributed by atoms with Crippen LogP contribution >= 0.6 is 0 Å². The number of halogens is 1. The van der Waals surface area contributed by atoms with E-state index in [9.17, 15) is 22.4 Å². The highest BCUT2D eigenvalue weighted by molar-refractivity contribution is 7.92. The summed E-state index contributed by atoms with van der Waals surface area (Å²) in [5, 5.41) is 2.65. The Morgan fingerprint density at radius 2 is 1.61 bits per heavy atom. The predicted octanol–water partition coefficient (Wildman–Crippen LogP) is 4.06. The monoisotopic (exact) mass is 470 g/mol. The number of sulfonamides is 1. The maximum atomic E-state index is 13.5. The van der Waals surface area contributed by atoms with Crippen LogP contribution in [0.5, 0.6) is 0 Å². The van der Waals surface area contributed by atoms with E-state index in [1.807, 2.05) is 6.92 Å². The van der Waals surface area contributed by atoms with Crippen molar-refractivity contribution in [2.24, 2.45) is 0 Å². The number of hydrogen-bond acceptors (Lipinski definition) is 5. The molecule has 0 saturated carbocycles. The zero-order valence-corrected chi connectivity index (χ0v) is 19.1. The Kier molecular flexibility index (Phi) is 7.13. The largest absolute Gasteiger partial charge is 0.465 e. The lowest BCUT2D eigenvalue weighted by atomic mass is 10.1. The van der Waals surface area contributed by atoms with Crippen molar-refractivity contribution in [3.8, 4) is 0 Å². The first-order valence-electron chi connectivity index (χ1n) is 9.96. The highest BCUT2D eigenvalue weighted by atomic mass is 32.2. The maximum Gasteiger partial charge on any atom is 0.338 e. The summed E-state index contributed by atoms with van der Waals surface area (Å²) < 4.78 is 45.8. The smallest absolute Gasteiger partial charge is 0.338 e. The molecule has 0 heterocycles. The molecular formula is C24H23FN2O5S. The minimum atomic E-state index is -4.13. The molecule has 0 fully saturated rings. The predicted molar refractivity (Wildman–Crippen MR) is 123 cm³/mol. The molecular weight excluding hydrogens is 447 g/mol. The summed E-state index contributed by atoms with van der Waals surface area (Å²) in [6.07, 6.45) is 0. The second-order valence-electron chi connectivity index (χ2n) is 7.32. The van der Waals surface area contributed by atoms with E-state index in [1.165, 1.54) is 31.4 Å². The molecule has 0 aromatic heterocycles. The van der Waals surface area contributed by atoms with Gasteiger partial charge in [0, 0.05) is 5.69 Å². The molecule has 7 nitrogen and oxygen atoms in total. The fourth-order valence-corrected chi connectivity index (χ4v) is 4.60. The van der Waals surface area contributed by atoms with Crippen LogP contribution in [-0.4, -0.2) is 33.9 Å². The van der Waals surface area contributed by atoms with Gasteiger partial charge in [-0.3, -0.25) is 9.10 Å². The highest BCUT2D eigenvalue weighted by Gasteiger charge is 2.27. The number of benzene rings is 3. The van der Waals surface area contributed by atoms with E-state index in [1.54, 1.807) is 37.3 Å². The van der Waals surface area contributed by atoms with Gasteiger partial charge >= 0.3 is 5.97 Å². The number of carbonyl (C=O) groups is 2. The minimum Gasteiger partial charge on any atom is -0.465 e. The van der Waals surface area contributed by atoms with Gasteiger partial charge < -0.3 is 10.1 Å². The van der Waals surface area contributed by atoms with Gasteiger partial charge in [0.2, 0.25) is 5.91 Å². The van der Waals surface area contributed by atoms with Crippen LogP contribution in [0.1, 0.15) is 21.5 Å². The van der Waals surface area contributed by atoms with Crippen LogP contribution in [0, 0.1) is 19.7 Å². The number of carbonyl (C=O) groups excluding carboxylic acids is 2. The van der Waals surface area contributed by atoms with E-state index in [0.29, 0.717) is 11.3 Å². The molecule has 0 unspecified atom stereocenters. The Bertz CT molecular complexity index is 1270. The molecule has 1 amide bonds. The number of hydrogen-bond donors (Lipinski definition) is 1. The van der Waals surface area contributed by atoms with E-state index in [-0.39, 0.29) is 16.1 Å². The van der Waals surface area contributed by atoms with Crippen molar-refractivity contribution < 1.29 is 27.1 Å². The Labute approximate surface area is 191 Å². The van der Waals surface area contributed by atoms with Crippen LogP contribution in [0.25, 0.3) is 0 Å². The van der Waals surface area contributed by atoms with Gasteiger partial charge in [-0.25, -0.2) is 17.6 Å². The lowest BCUT2D eigenvalue weighted by Crippen LogP contribution is -2.38. The molecule has 0 atom stereocenters. The third-order valence-electron chi connectivity index (χ3n) is 5.02. The van der Waals surface area contributed by atoms with Gasteiger partial charge in [0.1, 0.15) is 12.4 Å². The van der Waals surface area contributed by atoms with Crippen LogP contribution in [0.4, 0.5) is 15.8 Å². The fourth-order valence-electron chi connectivity index (χ4n) is 3.18. The molecule has 1 N–H and O–H groups in total. The summed E-state index contributed by atoms with van der Waals surface area (Å²) in [6.45, 7) is 2.90. The summed E-state index contributed by atoms with van der Waals surface area (Å²) in [6, 6.07) is 15.7. The molecule has 0 spiro atoms. The number of ether oxygens (including phenoxy) is 1. The van der Waals surface area contributed by atoms with Gasteiger partial charge in [-0.15, -0.1) is 0 Å². The minimum absolute atomic E-state index is 0.00547. The summed E-state index contributed by atoms with van der Waals surface area (Å²) in [5.74, 6) is -1.73. The Morgan fingerprint density at radius 3 is 2.21 bits per heavy atom. The average Bonchev–Trinajstić information content (AvgIpc) is 2.79. The van der Waals surface area contributed by atoms with Crippen molar-refractivity contribution in [1.82, 2.24) is 0 Å². The average molecular weight is 471 g/mol. The molecule has 33 heavy (non-hydrogen) atoms. The lowest BCUT2D eigenvalue weighted by molar-refractivity contribution is -0.114. The Morgan fingerprint density at radius 1 is 0.970 bits per heavy atom. The summed E-state index contributed by atoms with van der Waals surface area (Å²) in [7, 11) is -2.88. The number of aryl methyl sites for hydroxylation is 1. The fraction of sp³-hybridized carbons (Fsp3) is 0.167. The van der Waals surface area contributed by atoms with E-state index in [0.717, 1.165) is 22.0 Å². The topological polar surface area (TPSA) is 92.8 Å². The number of anilines is 2. The Balaban J connectivity index is 1.94. The van der Waals surface area contributed by atoms with Crippen molar-refractivity contribution in [2.45, 2.75) is 18.7 Å². The first kappa shape index (κ1) is 23.9. The lowest BCUT2D eigenvalue weighted by Gasteiger charge is -2.24. The number of methoxy groups -OCH3 is 1. The number of esters is 1. The number of nitrogens with one attached hydrogen (secondary N) is 1. The van der Waals surface area contributed by atoms with Gasteiger partial charge in [0.25, 0.3) is 10.0 Å². The van der Waals surface area contributed by atoms with Crippen LogP contribution in [0.2, 0.25) is 0 Å². The van der Waals surface area contributed by atoms with Gasteiger partial charge in [-0.2, -0.15) is 0 Å². The quantitative estimate of drug-likeness (QED) is 0.526. The number of amides is 1. The summed E-state index contributed by atoms with van der Waals surface area (Å²) in [4.78, 5) is 24.8. The zero-order chi connectivity index (χ0) is 24.2. The van der Waals surface area contributed by atoms with E-state index < -0.39 is 34.3 Å². The third-order valence-corrected chi connectivity index (χ3v) is 6.81. The van der Waals surface area contributed by atoms with Gasteiger partial charge in [0.05, 0.1) is 23.3 Å². The second-order valence-corrected chi connectivity index (χ2v) is 9.18. The van der Waals surface area contributed by atoms with Crippen LogP contribution < -0.4 is 9.62 Å². The first-order chi connectivity index (χ1) is 15.6. The summed E-state index contributed by atoms with van der Waals surface area (Å²) in [5.41, 5.74) is 2.10. The molecule has 9 heteroatoms. The molecule has 0 radical (unpaired) electrons. The zero-order valence-electron chi connectivity index (χ0n) is 18.3. The SMILES string of the molecule is COC(=O)c1cccc(NC(=O)CN(c2ccc(F)cc2)S(=O)(=O)c2ccc(C)cc2)c1C. The molecule has 172 valence electrons. The van der Waals surface area contributed by atoms with Crippen molar-refractivity contribution in [3.63, 3.8) is 0 Å². The van der Waals surface area contributed by atoms with Crippen LogP contribution in [0.15, 0.2) is 71.6 Å². The first-order valence-corrected chi connectivity index (χ1v) is 11.4. The molecule has 0 bridgehead atoms. The van der Waals surface area contributed by atoms with Crippen LogP contribution in [0.3, 0.4) is 0 Å².